The predicted molar refractivity (Wildman–Crippen MR) is 70.0 cm³/mol. The van der Waals surface area contributed by atoms with E-state index in [0.29, 0.717) is 0 Å². The summed E-state index contributed by atoms with van der Waals surface area (Å²) in [7, 11) is 0. The van der Waals surface area contributed by atoms with Crippen LogP contribution in [0.2, 0.25) is 0 Å². The summed E-state index contributed by atoms with van der Waals surface area (Å²) in [6.07, 6.45) is 2.60. The third-order valence-electron chi connectivity index (χ3n) is 3.20. The number of hydrogen-bond donors (Lipinski definition) is 1. The molecular weight excluding hydrogens is 210 g/mol. The van der Waals surface area contributed by atoms with Crippen LogP contribution in [0.25, 0.3) is 0 Å². The van der Waals surface area contributed by atoms with Gasteiger partial charge in [-0.15, -0.1) is 0 Å². The molecule has 17 heavy (non-hydrogen) atoms. The van der Waals surface area contributed by atoms with Gasteiger partial charge in [-0.05, 0) is 31.0 Å². The molecule has 2 heteroatoms. The molecule has 0 fully saturated rings. The summed E-state index contributed by atoms with van der Waals surface area (Å²) in [6, 6.07) is 8.27. The Morgan fingerprint density at radius 3 is 2.59 bits per heavy atom. The minimum absolute atomic E-state index is 0.0932. The normalized spacial score (nSPS) is 12.7. The number of hydrogen-bond acceptors (Lipinski definition) is 2. The van der Waals surface area contributed by atoms with Gasteiger partial charge in [-0.25, -0.2) is 0 Å². The maximum atomic E-state index is 6.33. The molecule has 90 valence electrons. The Morgan fingerprint density at radius 1 is 1.18 bits per heavy atom. The van der Waals surface area contributed by atoms with Gasteiger partial charge >= 0.3 is 0 Å². The molecule has 2 aromatic rings. The lowest BCUT2D eigenvalue weighted by molar-refractivity contribution is 0.509. The molecule has 0 amide bonds. The van der Waals surface area contributed by atoms with Crippen LogP contribution in [0.4, 0.5) is 0 Å². The van der Waals surface area contributed by atoms with Crippen LogP contribution in [0.15, 0.2) is 34.9 Å². The minimum Gasteiger partial charge on any atom is -0.469 e. The second-order valence-electron chi connectivity index (χ2n) is 4.49. The number of rotatable bonds is 3. The lowest BCUT2D eigenvalue weighted by Gasteiger charge is -2.15. The van der Waals surface area contributed by atoms with E-state index >= 15 is 0 Å². The standard InChI is InChI=1S/C15H19NO/c1-4-14-13(7-8-17-14)15(16)12-6-5-10(2)9-11(12)3/h5-9,15H,4,16H2,1-3H3. The first-order valence-corrected chi connectivity index (χ1v) is 6.02. The van der Waals surface area contributed by atoms with Gasteiger partial charge in [0.25, 0.3) is 0 Å². The Hall–Kier alpha value is -1.54. The number of nitrogens with two attached hydrogens (primary N) is 1. The van der Waals surface area contributed by atoms with E-state index in [9.17, 15) is 0 Å². The fraction of sp³-hybridized carbons (Fsp3) is 0.333. The van der Waals surface area contributed by atoms with Crippen molar-refractivity contribution in [3.63, 3.8) is 0 Å². The maximum Gasteiger partial charge on any atom is 0.108 e. The van der Waals surface area contributed by atoms with Crippen molar-refractivity contribution < 1.29 is 4.42 Å². The van der Waals surface area contributed by atoms with Crippen molar-refractivity contribution in [2.75, 3.05) is 0 Å². The van der Waals surface area contributed by atoms with Gasteiger partial charge in [-0.3, -0.25) is 0 Å². The fourth-order valence-corrected chi connectivity index (χ4v) is 2.26. The predicted octanol–water partition coefficient (Wildman–Crippen LogP) is 3.51. The van der Waals surface area contributed by atoms with Crippen molar-refractivity contribution in [3.05, 3.63) is 58.5 Å². The van der Waals surface area contributed by atoms with Gasteiger partial charge in [-0.2, -0.15) is 0 Å². The van der Waals surface area contributed by atoms with Crippen LogP contribution in [0.1, 0.15) is 41.0 Å². The quantitative estimate of drug-likeness (QED) is 0.874. The molecule has 1 aromatic heterocycles. The summed E-state index contributed by atoms with van der Waals surface area (Å²) in [4.78, 5) is 0. The van der Waals surface area contributed by atoms with Crippen molar-refractivity contribution in [2.45, 2.75) is 33.2 Å². The number of aryl methyl sites for hydroxylation is 3. The maximum absolute atomic E-state index is 6.33. The average molecular weight is 229 g/mol. The van der Waals surface area contributed by atoms with Gasteiger partial charge in [0.05, 0.1) is 12.3 Å². The van der Waals surface area contributed by atoms with Crippen LogP contribution >= 0.6 is 0 Å². The van der Waals surface area contributed by atoms with Gasteiger partial charge in [0.1, 0.15) is 5.76 Å². The van der Waals surface area contributed by atoms with E-state index in [2.05, 4.69) is 39.0 Å². The first-order chi connectivity index (χ1) is 8.13. The van der Waals surface area contributed by atoms with Crippen molar-refractivity contribution in [1.82, 2.24) is 0 Å². The van der Waals surface area contributed by atoms with E-state index in [4.69, 9.17) is 10.2 Å². The molecule has 0 aliphatic heterocycles. The van der Waals surface area contributed by atoms with Crippen molar-refractivity contribution >= 4 is 0 Å². The Kier molecular flexibility index (Phi) is 3.34. The monoisotopic (exact) mass is 229 g/mol. The molecule has 1 aromatic carbocycles. The van der Waals surface area contributed by atoms with Crippen LogP contribution in [0, 0.1) is 13.8 Å². The van der Waals surface area contributed by atoms with Crippen molar-refractivity contribution in [1.29, 1.82) is 0 Å². The molecule has 0 bridgehead atoms. The Morgan fingerprint density at radius 2 is 1.94 bits per heavy atom. The molecule has 0 saturated heterocycles. The molecule has 0 aliphatic rings. The molecule has 2 nitrogen and oxygen atoms in total. The van der Waals surface area contributed by atoms with E-state index in [1.54, 1.807) is 6.26 Å². The highest BCUT2D eigenvalue weighted by atomic mass is 16.3. The van der Waals surface area contributed by atoms with E-state index in [1.807, 2.05) is 6.07 Å². The van der Waals surface area contributed by atoms with Gasteiger partial charge in [0.2, 0.25) is 0 Å². The van der Waals surface area contributed by atoms with Crippen LogP contribution in [0.5, 0.6) is 0 Å². The molecule has 0 aliphatic carbocycles. The van der Waals surface area contributed by atoms with Crippen LogP contribution in [-0.2, 0) is 6.42 Å². The van der Waals surface area contributed by atoms with Gasteiger partial charge < -0.3 is 10.2 Å². The zero-order valence-corrected chi connectivity index (χ0v) is 10.7. The SMILES string of the molecule is CCc1occc1C(N)c1ccc(C)cc1C. The summed E-state index contributed by atoms with van der Waals surface area (Å²) < 4.78 is 5.44. The Balaban J connectivity index is 2.40. The topological polar surface area (TPSA) is 39.2 Å². The molecule has 0 radical (unpaired) electrons. The molecule has 1 heterocycles. The summed E-state index contributed by atoms with van der Waals surface area (Å²) in [5.74, 6) is 0.984. The summed E-state index contributed by atoms with van der Waals surface area (Å²) in [5.41, 5.74) is 11.1. The first-order valence-electron chi connectivity index (χ1n) is 6.02. The smallest absolute Gasteiger partial charge is 0.108 e. The Labute approximate surface area is 102 Å². The molecule has 2 rings (SSSR count). The molecule has 2 N–H and O–H groups in total. The highest BCUT2D eigenvalue weighted by molar-refractivity contribution is 5.39. The largest absolute Gasteiger partial charge is 0.469 e. The molecule has 1 atom stereocenters. The van der Waals surface area contributed by atoms with E-state index < -0.39 is 0 Å². The summed E-state index contributed by atoms with van der Waals surface area (Å²) in [5, 5.41) is 0. The third-order valence-corrected chi connectivity index (χ3v) is 3.20. The van der Waals surface area contributed by atoms with E-state index in [1.165, 1.54) is 16.7 Å². The third kappa shape index (κ3) is 2.27. The highest BCUT2D eigenvalue weighted by Crippen LogP contribution is 2.26. The lowest BCUT2D eigenvalue weighted by Crippen LogP contribution is -2.14. The molecule has 1 unspecified atom stereocenters. The average Bonchev–Trinajstić information content (AvgIpc) is 2.76. The molecule has 0 spiro atoms. The number of furan rings is 1. The van der Waals surface area contributed by atoms with Crippen LogP contribution in [0.3, 0.4) is 0 Å². The Bertz CT molecular complexity index is 513. The summed E-state index contributed by atoms with van der Waals surface area (Å²) in [6.45, 7) is 6.28. The van der Waals surface area contributed by atoms with Gasteiger partial charge in [-0.1, -0.05) is 30.7 Å². The van der Waals surface area contributed by atoms with Crippen LogP contribution in [-0.4, -0.2) is 0 Å². The zero-order valence-electron chi connectivity index (χ0n) is 10.7. The van der Waals surface area contributed by atoms with Crippen molar-refractivity contribution in [2.24, 2.45) is 5.73 Å². The summed E-state index contributed by atoms with van der Waals surface area (Å²) >= 11 is 0. The lowest BCUT2D eigenvalue weighted by atomic mass is 9.94. The van der Waals surface area contributed by atoms with Gasteiger partial charge in [0, 0.05) is 12.0 Å². The second kappa shape index (κ2) is 4.76. The second-order valence-corrected chi connectivity index (χ2v) is 4.49. The first kappa shape index (κ1) is 11.9. The molecular formula is C15H19NO. The van der Waals surface area contributed by atoms with E-state index in [0.717, 1.165) is 17.7 Å². The van der Waals surface area contributed by atoms with Gasteiger partial charge in [0.15, 0.2) is 0 Å². The minimum atomic E-state index is -0.0932. The number of benzene rings is 1. The van der Waals surface area contributed by atoms with Crippen LogP contribution < -0.4 is 5.73 Å². The highest BCUT2D eigenvalue weighted by Gasteiger charge is 2.16. The van der Waals surface area contributed by atoms with Crippen molar-refractivity contribution in [3.8, 4) is 0 Å². The van der Waals surface area contributed by atoms with E-state index in [-0.39, 0.29) is 6.04 Å². The fourth-order valence-electron chi connectivity index (χ4n) is 2.26. The molecule has 0 saturated carbocycles. The zero-order chi connectivity index (χ0) is 12.4.